The molecule has 1 aliphatic rings. The Labute approximate surface area is 126 Å². The molecule has 0 aromatic carbocycles. The number of rotatable bonds is 8. The fraction of sp³-hybridized carbons (Fsp3) is 0.857. The predicted molar refractivity (Wildman–Crippen MR) is 84.3 cm³/mol. The highest BCUT2D eigenvalue weighted by atomic mass is 32.2. The predicted octanol–water partition coefficient (Wildman–Crippen LogP) is 1.64. The average molecular weight is 297 g/mol. The first-order valence-electron chi connectivity index (χ1n) is 7.67. The molecule has 1 aromatic heterocycles. The maximum Gasteiger partial charge on any atom is 0.191 e. The van der Waals surface area contributed by atoms with Crippen LogP contribution in [-0.4, -0.2) is 59.1 Å². The van der Waals surface area contributed by atoms with Crippen LogP contribution in [0.1, 0.15) is 31.5 Å². The fourth-order valence-corrected chi connectivity index (χ4v) is 3.30. The van der Waals surface area contributed by atoms with Crippen LogP contribution in [0.3, 0.4) is 0 Å². The van der Waals surface area contributed by atoms with Gasteiger partial charge in [-0.05, 0) is 46.4 Å². The molecule has 20 heavy (non-hydrogen) atoms. The summed E-state index contributed by atoms with van der Waals surface area (Å²) in [7, 11) is 4.24. The van der Waals surface area contributed by atoms with Gasteiger partial charge in [-0.3, -0.25) is 0 Å². The molecule has 0 radical (unpaired) electrons. The Bertz CT molecular complexity index is 391. The van der Waals surface area contributed by atoms with E-state index in [1.165, 1.54) is 31.5 Å². The zero-order valence-corrected chi connectivity index (χ0v) is 13.6. The van der Waals surface area contributed by atoms with Crippen LogP contribution in [0, 0.1) is 0 Å². The third kappa shape index (κ3) is 5.07. The second kappa shape index (κ2) is 8.64. The highest BCUT2D eigenvalue weighted by molar-refractivity contribution is 7.99. The summed E-state index contributed by atoms with van der Waals surface area (Å²) in [5.41, 5.74) is 0. The number of nitrogens with zero attached hydrogens (tertiary/aromatic N) is 4. The fourth-order valence-electron chi connectivity index (χ4n) is 2.42. The van der Waals surface area contributed by atoms with Crippen LogP contribution in [0.4, 0.5) is 0 Å². The van der Waals surface area contributed by atoms with Crippen molar-refractivity contribution in [3.63, 3.8) is 0 Å². The summed E-state index contributed by atoms with van der Waals surface area (Å²) in [5, 5.41) is 13.3. The van der Waals surface area contributed by atoms with E-state index in [1.807, 2.05) is 11.8 Å². The number of thioether (sulfide) groups is 1. The summed E-state index contributed by atoms with van der Waals surface area (Å²) in [6.07, 6.45) is 6.15. The largest absolute Gasteiger partial charge is 0.316 e. The molecule has 0 fully saturated rings. The minimum absolute atomic E-state index is 1.04. The molecule has 0 saturated heterocycles. The van der Waals surface area contributed by atoms with Gasteiger partial charge in [-0.2, -0.15) is 0 Å². The van der Waals surface area contributed by atoms with E-state index >= 15 is 0 Å². The molecular weight excluding hydrogens is 270 g/mol. The average Bonchev–Trinajstić information content (AvgIpc) is 2.66. The van der Waals surface area contributed by atoms with Gasteiger partial charge < -0.3 is 14.8 Å². The quantitative estimate of drug-likeness (QED) is 0.584. The number of nitrogens with one attached hydrogen (secondary N) is 1. The third-order valence-corrected chi connectivity index (χ3v) is 4.51. The number of fused-ring (bicyclic) bond motifs is 1. The lowest BCUT2D eigenvalue weighted by molar-refractivity contribution is 0.396. The van der Waals surface area contributed by atoms with Crippen molar-refractivity contribution in [3.8, 4) is 0 Å². The third-order valence-electron chi connectivity index (χ3n) is 3.54. The lowest BCUT2D eigenvalue weighted by atomic mass is 10.2. The SMILES string of the molecule is CN(C)CCCNCCSc1nnc2n1CCCCC2. The summed E-state index contributed by atoms with van der Waals surface area (Å²) >= 11 is 1.83. The molecule has 0 atom stereocenters. The second-order valence-corrected chi connectivity index (χ2v) is 6.68. The van der Waals surface area contributed by atoms with Crippen LogP contribution in [0.15, 0.2) is 5.16 Å². The minimum Gasteiger partial charge on any atom is -0.316 e. The molecule has 0 amide bonds. The lowest BCUT2D eigenvalue weighted by Crippen LogP contribution is -2.23. The van der Waals surface area contributed by atoms with Crippen molar-refractivity contribution < 1.29 is 0 Å². The molecule has 0 spiro atoms. The van der Waals surface area contributed by atoms with Gasteiger partial charge in [0.25, 0.3) is 0 Å². The van der Waals surface area contributed by atoms with Gasteiger partial charge in [-0.15, -0.1) is 10.2 Å². The Kier molecular flexibility index (Phi) is 6.82. The van der Waals surface area contributed by atoms with Gasteiger partial charge >= 0.3 is 0 Å². The van der Waals surface area contributed by atoms with Gasteiger partial charge in [0.1, 0.15) is 5.82 Å². The maximum absolute atomic E-state index is 4.34. The van der Waals surface area contributed by atoms with Crippen molar-refractivity contribution in [2.45, 2.75) is 43.8 Å². The summed E-state index contributed by atoms with van der Waals surface area (Å²) in [5.74, 6) is 2.25. The van der Waals surface area contributed by atoms with Crippen molar-refractivity contribution in [2.75, 3.05) is 39.5 Å². The Morgan fingerprint density at radius 1 is 1.20 bits per heavy atom. The first-order chi connectivity index (χ1) is 9.77. The summed E-state index contributed by atoms with van der Waals surface area (Å²) in [6.45, 7) is 4.38. The van der Waals surface area contributed by atoms with E-state index in [9.17, 15) is 0 Å². The van der Waals surface area contributed by atoms with E-state index in [0.717, 1.165) is 43.5 Å². The van der Waals surface area contributed by atoms with E-state index < -0.39 is 0 Å². The Morgan fingerprint density at radius 2 is 2.10 bits per heavy atom. The van der Waals surface area contributed by atoms with Crippen LogP contribution in [0.5, 0.6) is 0 Å². The number of hydrogen-bond donors (Lipinski definition) is 1. The van der Waals surface area contributed by atoms with Crippen molar-refractivity contribution in [2.24, 2.45) is 0 Å². The lowest BCUT2D eigenvalue weighted by Gasteiger charge is -2.10. The highest BCUT2D eigenvalue weighted by Gasteiger charge is 2.14. The molecule has 0 unspecified atom stereocenters. The van der Waals surface area contributed by atoms with Crippen LogP contribution >= 0.6 is 11.8 Å². The zero-order valence-electron chi connectivity index (χ0n) is 12.8. The molecule has 5 nitrogen and oxygen atoms in total. The minimum atomic E-state index is 1.04. The smallest absolute Gasteiger partial charge is 0.191 e. The number of aryl methyl sites for hydroxylation is 1. The molecule has 2 rings (SSSR count). The second-order valence-electron chi connectivity index (χ2n) is 5.62. The first-order valence-corrected chi connectivity index (χ1v) is 8.66. The monoisotopic (exact) mass is 297 g/mol. The molecule has 1 aromatic rings. The van der Waals surface area contributed by atoms with Gasteiger partial charge in [0.15, 0.2) is 5.16 Å². The van der Waals surface area contributed by atoms with Crippen LogP contribution in [0.2, 0.25) is 0 Å². The summed E-state index contributed by atoms with van der Waals surface area (Å²) in [6, 6.07) is 0. The standard InChI is InChI=1S/C14H27N5S/c1-18(2)10-6-8-15-9-12-20-14-17-16-13-7-4-3-5-11-19(13)14/h15H,3-12H2,1-2H3. The number of hydrogen-bond acceptors (Lipinski definition) is 5. The summed E-state index contributed by atoms with van der Waals surface area (Å²) < 4.78 is 2.32. The van der Waals surface area contributed by atoms with E-state index in [4.69, 9.17) is 0 Å². The van der Waals surface area contributed by atoms with Crippen molar-refractivity contribution in [1.82, 2.24) is 25.0 Å². The van der Waals surface area contributed by atoms with Gasteiger partial charge in [-0.1, -0.05) is 18.2 Å². The molecule has 0 saturated carbocycles. The first kappa shape index (κ1) is 15.8. The molecule has 114 valence electrons. The highest BCUT2D eigenvalue weighted by Crippen LogP contribution is 2.21. The van der Waals surface area contributed by atoms with Crippen LogP contribution in [0.25, 0.3) is 0 Å². The Balaban J connectivity index is 1.63. The van der Waals surface area contributed by atoms with Crippen molar-refractivity contribution >= 4 is 11.8 Å². The molecular formula is C14H27N5S. The molecule has 0 aliphatic carbocycles. The topological polar surface area (TPSA) is 46.0 Å². The maximum atomic E-state index is 4.34. The molecule has 6 heteroatoms. The number of aromatic nitrogens is 3. The summed E-state index contributed by atoms with van der Waals surface area (Å²) in [4.78, 5) is 2.22. The molecule has 1 aliphatic heterocycles. The molecule has 1 N–H and O–H groups in total. The van der Waals surface area contributed by atoms with Gasteiger partial charge in [-0.25, -0.2) is 0 Å². The molecule has 2 heterocycles. The van der Waals surface area contributed by atoms with Gasteiger partial charge in [0.2, 0.25) is 0 Å². The zero-order chi connectivity index (χ0) is 14.2. The van der Waals surface area contributed by atoms with E-state index in [1.54, 1.807) is 0 Å². The van der Waals surface area contributed by atoms with Crippen molar-refractivity contribution in [3.05, 3.63) is 5.82 Å². The Morgan fingerprint density at radius 3 is 2.95 bits per heavy atom. The molecule has 0 bridgehead atoms. The van der Waals surface area contributed by atoms with Crippen LogP contribution < -0.4 is 5.32 Å². The van der Waals surface area contributed by atoms with E-state index in [-0.39, 0.29) is 0 Å². The normalized spacial score (nSPS) is 15.3. The van der Waals surface area contributed by atoms with Crippen LogP contribution in [-0.2, 0) is 13.0 Å². The van der Waals surface area contributed by atoms with Crippen molar-refractivity contribution in [1.29, 1.82) is 0 Å². The van der Waals surface area contributed by atoms with E-state index in [0.29, 0.717) is 0 Å². The Hall–Kier alpha value is -0.590. The van der Waals surface area contributed by atoms with Gasteiger partial charge in [0, 0.05) is 25.3 Å². The van der Waals surface area contributed by atoms with Gasteiger partial charge in [0.05, 0.1) is 0 Å². The van der Waals surface area contributed by atoms with E-state index in [2.05, 4.69) is 39.1 Å².